The van der Waals surface area contributed by atoms with E-state index in [1.807, 2.05) is 6.07 Å². The normalized spacial score (nSPS) is 29.7. The van der Waals surface area contributed by atoms with Crippen molar-refractivity contribution in [1.82, 2.24) is 5.32 Å². The van der Waals surface area contributed by atoms with E-state index in [2.05, 4.69) is 36.1 Å². The average molecular weight is 296 g/mol. The molecule has 3 heteroatoms. The van der Waals surface area contributed by atoms with E-state index in [9.17, 15) is 0 Å². The molecule has 1 saturated carbocycles. The van der Waals surface area contributed by atoms with Crippen LogP contribution in [0.25, 0.3) is 0 Å². The second kappa shape index (κ2) is 6.07. The van der Waals surface area contributed by atoms with Crippen molar-refractivity contribution in [3.05, 3.63) is 34.3 Å². The number of halogens is 1. The van der Waals surface area contributed by atoms with E-state index in [0.717, 1.165) is 10.3 Å². The Morgan fingerprint density at radius 3 is 3.05 bits per heavy atom. The summed E-state index contributed by atoms with van der Waals surface area (Å²) in [7, 11) is 0. The molecule has 1 nitrogen and oxygen atoms in total. The van der Waals surface area contributed by atoms with Gasteiger partial charge < -0.3 is 5.32 Å². The van der Waals surface area contributed by atoms with Crippen LogP contribution in [0.15, 0.2) is 18.2 Å². The number of thioether (sulfide) groups is 1. The molecule has 0 aliphatic heterocycles. The minimum Gasteiger partial charge on any atom is -0.306 e. The number of aryl methyl sites for hydroxylation is 1. The monoisotopic (exact) mass is 295 g/mol. The Kier molecular flexibility index (Phi) is 4.40. The van der Waals surface area contributed by atoms with Crippen molar-refractivity contribution in [2.45, 2.75) is 56.4 Å². The van der Waals surface area contributed by atoms with Crippen LogP contribution in [0, 0.1) is 0 Å². The molecule has 1 N–H and O–H groups in total. The number of rotatable bonds is 4. The molecule has 0 aromatic heterocycles. The third kappa shape index (κ3) is 2.96. The summed E-state index contributed by atoms with van der Waals surface area (Å²) >= 11 is 8.21. The molecule has 1 aromatic carbocycles. The maximum Gasteiger partial charge on any atom is 0.0408 e. The second-order valence-corrected chi connectivity index (χ2v) is 7.58. The molecular weight excluding hydrogens is 274 g/mol. The highest BCUT2D eigenvalue weighted by Gasteiger charge is 2.31. The molecule has 3 unspecified atom stereocenters. The third-order valence-electron chi connectivity index (χ3n) is 4.43. The maximum absolute atomic E-state index is 6.08. The Morgan fingerprint density at radius 2 is 2.21 bits per heavy atom. The second-order valence-electron chi connectivity index (χ2n) is 5.63. The van der Waals surface area contributed by atoms with Crippen LogP contribution in [0.5, 0.6) is 0 Å². The highest BCUT2D eigenvalue weighted by Crippen LogP contribution is 2.36. The first-order valence-corrected chi connectivity index (χ1v) is 8.86. The molecule has 2 aliphatic rings. The van der Waals surface area contributed by atoms with Gasteiger partial charge in [0.1, 0.15) is 0 Å². The van der Waals surface area contributed by atoms with Crippen LogP contribution in [0.4, 0.5) is 0 Å². The van der Waals surface area contributed by atoms with Gasteiger partial charge in [0.2, 0.25) is 0 Å². The van der Waals surface area contributed by atoms with Gasteiger partial charge in [-0.05, 0) is 54.7 Å². The van der Waals surface area contributed by atoms with Crippen molar-refractivity contribution in [3.8, 4) is 0 Å². The van der Waals surface area contributed by atoms with Crippen LogP contribution in [0.1, 0.15) is 49.8 Å². The lowest BCUT2D eigenvalue weighted by molar-refractivity contribution is 0.443. The van der Waals surface area contributed by atoms with E-state index in [1.165, 1.54) is 49.0 Å². The highest BCUT2D eigenvalue weighted by atomic mass is 35.5. The molecule has 0 saturated heterocycles. The minimum absolute atomic E-state index is 0.551. The first-order chi connectivity index (χ1) is 9.28. The average Bonchev–Trinajstić information content (AvgIpc) is 2.98. The smallest absolute Gasteiger partial charge is 0.0408 e. The Hall–Kier alpha value is -0.180. The zero-order chi connectivity index (χ0) is 13.2. The summed E-state index contributed by atoms with van der Waals surface area (Å²) in [4.78, 5) is 0. The fraction of sp³-hybridized carbons (Fsp3) is 0.625. The molecular formula is C16H22ClNS. The number of hydrogen-bond acceptors (Lipinski definition) is 2. The standard InChI is InChI=1S/C16H22ClNS/c1-2-19-16-5-3-4-15(16)18-14-9-6-11-10-12(17)7-8-13(11)14/h7-8,10,14-16,18H,2-6,9H2,1H3. The van der Waals surface area contributed by atoms with E-state index in [-0.39, 0.29) is 0 Å². The van der Waals surface area contributed by atoms with Crippen molar-refractivity contribution in [2.24, 2.45) is 0 Å². The van der Waals surface area contributed by atoms with E-state index >= 15 is 0 Å². The van der Waals surface area contributed by atoms with Gasteiger partial charge in [0.25, 0.3) is 0 Å². The van der Waals surface area contributed by atoms with Crippen LogP contribution in [-0.2, 0) is 6.42 Å². The Labute approximate surface area is 125 Å². The van der Waals surface area contributed by atoms with Gasteiger partial charge >= 0.3 is 0 Å². The fourth-order valence-electron chi connectivity index (χ4n) is 3.55. The molecule has 0 heterocycles. The van der Waals surface area contributed by atoms with Crippen molar-refractivity contribution in [1.29, 1.82) is 0 Å². The largest absolute Gasteiger partial charge is 0.306 e. The Balaban J connectivity index is 1.69. The Bertz CT molecular complexity index is 448. The molecule has 0 bridgehead atoms. The topological polar surface area (TPSA) is 12.0 Å². The van der Waals surface area contributed by atoms with E-state index in [1.54, 1.807) is 0 Å². The van der Waals surface area contributed by atoms with Gasteiger partial charge in [-0.3, -0.25) is 0 Å². The molecule has 0 radical (unpaired) electrons. The lowest BCUT2D eigenvalue weighted by atomic mass is 10.1. The molecule has 3 atom stereocenters. The molecule has 19 heavy (non-hydrogen) atoms. The van der Waals surface area contributed by atoms with Crippen LogP contribution < -0.4 is 5.32 Å². The number of hydrogen-bond donors (Lipinski definition) is 1. The Morgan fingerprint density at radius 1 is 1.32 bits per heavy atom. The van der Waals surface area contributed by atoms with Gasteiger partial charge in [-0.25, -0.2) is 0 Å². The SMILES string of the molecule is CCSC1CCCC1NC1CCc2cc(Cl)ccc21. The van der Waals surface area contributed by atoms with Crippen molar-refractivity contribution >= 4 is 23.4 Å². The fourth-order valence-corrected chi connectivity index (χ4v) is 4.95. The summed E-state index contributed by atoms with van der Waals surface area (Å²) < 4.78 is 0. The third-order valence-corrected chi connectivity index (χ3v) is 5.99. The lowest BCUT2D eigenvalue weighted by Crippen LogP contribution is -2.36. The zero-order valence-corrected chi connectivity index (χ0v) is 13.1. The van der Waals surface area contributed by atoms with E-state index in [4.69, 9.17) is 11.6 Å². The first kappa shape index (κ1) is 13.8. The number of nitrogens with one attached hydrogen (secondary N) is 1. The number of fused-ring (bicyclic) bond motifs is 1. The zero-order valence-electron chi connectivity index (χ0n) is 11.5. The maximum atomic E-state index is 6.08. The number of benzene rings is 1. The van der Waals surface area contributed by atoms with Crippen LogP contribution in [-0.4, -0.2) is 17.0 Å². The summed E-state index contributed by atoms with van der Waals surface area (Å²) in [6, 6.07) is 7.66. The molecule has 0 amide bonds. The predicted molar refractivity (Wildman–Crippen MR) is 85.2 cm³/mol. The van der Waals surface area contributed by atoms with E-state index < -0.39 is 0 Å². The molecule has 3 rings (SSSR count). The predicted octanol–water partition coefficient (Wildman–Crippen LogP) is 4.59. The summed E-state index contributed by atoms with van der Waals surface area (Å²) in [6.07, 6.45) is 6.52. The van der Waals surface area contributed by atoms with Crippen LogP contribution in [0.3, 0.4) is 0 Å². The van der Waals surface area contributed by atoms with Gasteiger partial charge in [0.15, 0.2) is 0 Å². The summed E-state index contributed by atoms with van der Waals surface area (Å²) in [6.45, 7) is 2.27. The summed E-state index contributed by atoms with van der Waals surface area (Å²) in [5.41, 5.74) is 2.93. The molecule has 1 fully saturated rings. The summed E-state index contributed by atoms with van der Waals surface area (Å²) in [5, 5.41) is 5.62. The summed E-state index contributed by atoms with van der Waals surface area (Å²) in [5.74, 6) is 1.24. The van der Waals surface area contributed by atoms with Crippen molar-refractivity contribution < 1.29 is 0 Å². The van der Waals surface area contributed by atoms with Crippen molar-refractivity contribution in [3.63, 3.8) is 0 Å². The van der Waals surface area contributed by atoms with Crippen LogP contribution in [0.2, 0.25) is 5.02 Å². The first-order valence-electron chi connectivity index (χ1n) is 7.44. The van der Waals surface area contributed by atoms with Gasteiger partial charge in [-0.1, -0.05) is 31.0 Å². The molecule has 2 aliphatic carbocycles. The molecule has 1 aromatic rings. The van der Waals surface area contributed by atoms with Crippen LogP contribution >= 0.6 is 23.4 Å². The van der Waals surface area contributed by atoms with Crippen molar-refractivity contribution in [2.75, 3.05) is 5.75 Å². The quantitative estimate of drug-likeness (QED) is 0.872. The van der Waals surface area contributed by atoms with Gasteiger partial charge in [-0.15, -0.1) is 0 Å². The van der Waals surface area contributed by atoms with Gasteiger partial charge in [-0.2, -0.15) is 11.8 Å². The molecule has 0 spiro atoms. The minimum atomic E-state index is 0.551. The lowest BCUT2D eigenvalue weighted by Gasteiger charge is -2.25. The van der Waals surface area contributed by atoms with Gasteiger partial charge in [0, 0.05) is 22.4 Å². The van der Waals surface area contributed by atoms with Gasteiger partial charge in [0.05, 0.1) is 0 Å². The van der Waals surface area contributed by atoms with E-state index in [0.29, 0.717) is 12.1 Å². The highest BCUT2D eigenvalue weighted by molar-refractivity contribution is 7.99. The molecule has 104 valence electrons.